The second-order valence-electron chi connectivity index (χ2n) is 5.52. The van der Waals surface area contributed by atoms with Crippen molar-refractivity contribution in [3.63, 3.8) is 0 Å². The Kier molecular flexibility index (Phi) is 5.21. The zero-order valence-electron chi connectivity index (χ0n) is 12.7. The number of halogens is 3. The van der Waals surface area contributed by atoms with Crippen molar-refractivity contribution in [2.24, 2.45) is 0 Å². The molecule has 1 amide bonds. The smallest absolute Gasteiger partial charge is 0.258 e. The highest BCUT2D eigenvalue weighted by Crippen LogP contribution is 2.28. The highest BCUT2D eigenvalue weighted by atomic mass is 35.5. The molecule has 0 fully saturated rings. The first-order chi connectivity index (χ1) is 10.8. The Hall–Kier alpha value is -2.14. The predicted octanol–water partition coefficient (Wildman–Crippen LogP) is 4.05. The molecule has 0 saturated carbocycles. The van der Waals surface area contributed by atoms with Crippen LogP contribution in [0.5, 0.6) is 5.75 Å². The van der Waals surface area contributed by atoms with Crippen LogP contribution in [0.15, 0.2) is 42.5 Å². The third kappa shape index (κ3) is 4.42. The molecule has 0 bridgehead atoms. The minimum Gasteiger partial charge on any atom is -0.481 e. The van der Waals surface area contributed by atoms with Gasteiger partial charge < -0.3 is 10.1 Å². The van der Waals surface area contributed by atoms with Crippen LogP contribution in [0.25, 0.3) is 0 Å². The van der Waals surface area contributed by atoms with Gasteiger partial charge in [0.15, 0.2) is 18.2 Å². The third-order valence-electron chi connectivity index (χ3n) is 3.25. The number of hydrogen-bond donors (Lipinski definition) is 1. The lowest BCUT2D eigenvalue weighted by molar-refractivity contribution is -0.124. The summed E-state index contributed by atoms with van der Waals surface area (Å²) in [6, 6.07) is 9.78. The minimum absolute atomic E-state index is 0.000251. The van der Waals surface area contributed by atoms with Crippen LogP contribution >= 0.6 is 11.6 Å². The Bertz CT molecular complexity index is 719. The van der Waals surface area contributed by atoms with Crippen molar-refractivity contribution in [2.75, 3.05) is 6.61 Å². The molecule has 2 aromatic rings. The maximum absolute atomic E-state index is 13.4. The summed E-state index contributed by atoms with van der Waals surface area (Å²) in [5, 5.41) is 2.94. The molecule has 0 spiro atoms. The fourth-order valence-corrected chi connectivity index (χ4v) is 2.56. The molecule has 0 aromatic heterocycles. The van der Waals surface area contributed by atoms with E-state index < -0.39 is 23.1 Å². The van der Waals surface area contributed by atoms with Crippen LogP contribution in [0, 0.1) is 11.6 Å². The Morgan fingerprint density at radius 2 is 1.91 bits per heavy atom. The molecule has 2 aromatic carbocycles. The number of ether oxygens (including phenoxy) is 1. The molecule has 6 heteroatoms. The van der Waals surface area contributed by atoms with Crippen LogP contribution in [-0.2, 0) is 10.3 Å². The normalized spacial score (nSPS) is 11.2. The van der Waals surface area contributed by atoms with E-state index in [2.05, 4.69) is 5.32 Å². The molecular weight excluding hydrogens is 324 g/mol. The second-order valence-corrected chi connectivity index (χ2v) is 5.92. The van der Waals surface area contributed by atoms with E-state index in [9.17, 15) is 13.6 Å². The number of para-hydroxylation sites is 1. The second kappa shape index (κ2) is 6.96. The van der Waals surface area contributed by atoms with Gasteiger partial charge in [0.2, 0.25) is 0 Å². The van der Waals surface area contributed by atoms with Gasteiger partial charge in [-0.1, -0.05) is 29.8 Å². The molecule has 1 N–H and O–H groups in total. The first-order valence-electron chi connectivity index (χ1n) is 6.93. The summed E-state index contributed by atoms with van der Waals surface area (Å²) in [4.78, 5) is 12.0. The predicted molar refractivity (Wildman–Crippen MR) is 84.5 cm³/mol. The van der Waals surface area contributed by atoms with Crippen LogP contribution in [0.4, 0.5) is 8.78 Å². The number of amides is 1. The summed E-state index contributed by atoms with van der Waals surface area (Å²) in [6.07, 6.45) is 0. The van der Waals surface area contributed by atoms with Crippen molar-refractivity contribution < 1.29 is 18.3 Å². The van der Waals surface area contributed by atoms with Gasteiger partial charge in [-0.2, -0.15) is 0 Å². The molecular formula is C17H16ClF2NO2. The molecule has 0 atom stereocenters. The first kappa shape index (κ1) is 17.2. The van der Waals surface area contributed by atoms with Gasteiger partial charge in [0.1, 0.15) is 5.82 Å². The van der Waals surface area contributed by atoms with Crippen molar-refractivity contribution >= 4 is 17.5 Å². The van der Waals surface area contributed by atoms with Gasteiger partial charge in [-0.05, 0) is 43.7 Å². The Labute approximate surface area is 138 Å². The van der Waals surface area contributed by atoms with Gasteiger partial charge in [-0.15, -0.1) is 0 Å². The fourth-order valence-electron chi connectivity index (χ4n) is 2.15. The lowest BCUT2D eigenvalue weighted by Crippen LogP contribution is -2.43. The van der Waals surface area contributed by atoms with Crippen LogP contribution in [0.3, 0.4) is 0 Å². The van der Waals surface area contributed by atoms with Crippen LogP contribution in [-0.4, -0.2) is 12.5 Å². The molecule has 0 heterocycles. The molecule has 122 valence electrons. The van der Waals surface area contributed by atoms with E-state index in [1.165, 1.54) is 36.4 Å². The summed E-state index contributed by atoms with van der Waals surface area (Å²) >= 11 is 6.02. The Morgan fingerprint density at radius 1 is 1.22 bits per heavy atom. The standard InChI is InChI=1S/C17H16ClF2NO2/c1-17(2,12-8-7-11(19)9-13(12)18)21-16(22)10-23-15-6-4-3-5-14(15)20/h3-9H,10H2,1-2H3,(H,21,22). The van der Waals surface area contributed by atoms with Crippen molar-refractivity contribution in [3.05, 3.63) is 64.7 Å². The molecule has 3 nitrogen and oxygen atoms in total. The third-order valence-corrected chi connectivity index (χ3v) is 3.56. The number of rotatable bonds is 5. The van der Waals surface area contributed by atoms with E-state index in [0.29, 0.717) is 5.56 Å². The topological polar surface area (TPSA) is 38.3 Å². The maximum Gasteiger partial charge on any atom is 0.258 e. The van der Waals surface area contributed by atoms with Crippen LogP contribution in [0.1, 0.15) is 19.4 Å². The van der Waals surface area contributed by atoms with Crippen molar-refractivity contribution in [1.29, 1.82) is 0 Å². The molecule has 0 unspecified atom stereocenters. The van der Waals surface area contributed by atoms with Crippen LogP contribution < -0.4 is 10.1 Å². The molecule has 2 rings (SSSR count). The van der Waals surface area contributed by atoms with Crippen LogP contribution in [0.2, 0.25) is 5.02 Å². The zero-order valence-corrected chi connectivity index (χ0v) is 13.5. The summed E-state index contributed by atoms with van der Waals surface area (Å²) in [7, 11) is 0. The quantitative estimate of drug-likeness (QED) is 0.892. The van der Waals surface area contributed by atoms with Gasteiger partial charge >= 0.3 is 0 Å². The summed E-state index contributed by atoms with van der Waals surface area (Å²) in [5.74, 6) is -1.44. The highest BCUT2D eigenvalue weighted by molar-refractivity contribution is 6.31. The summed E-state index contributed by atoms with van der Waals surface area (Å²) in [6.45, 7) is 3.11. The zero-order chi connectivity index (χ0) is 17.0. The number of carbonyl (C=O) groups is 1. The van der Waals surface area contributed by atoms with E-state index >= 15 is 0 Å². The van der Waals surface area contributed by atoms with E-state index in [1.807, 2.05) is 0 Å². The average molecular weight is 340 g/mol. The van der Waals surface area contributed by atoms with Gasteiger partial charge in [-0.3, -0.25) is 4.79 Å². The first-order valence-corrected chi connectivity index (χ1v) is 7.31. The highest BCUT2D eigenvalue weighted by Gasteiger charge is 2.25. The maximum atomic E-state index is 13.4. The monoisotopic (exact) mass is 339 g/mol. The fraction of sp³-hybridized carbons (Fsp3) is 0.235. The molecule has 0 aliphatic heterocycles. The number of hydrogen-bond acceptors (Lipinski definition) is 2. The Morgan fingerprint density at radius 3 is 2.57 bits per heavy atom. The van der Waals surface area contributed by atoms with Crippen molar-refractivity contribution in [2.45, 2.75) is 19.4 Å². The number of nitrogens with one attached hydrogen (secondary N) is 1. The number of benzene rings is 2. The number of carbonyl (C=O) groups excluding carboxylic acids is 1. The van der Waals surface area contributed by atoms with E-state index in [4.69, 9.17) is 16.3 Å². The molecule has 0 aliphatic carbocycles. The van der Waals surface area contributed by atoms with E-state index in [0.717, 1.165) is 0 Å². The van der Waals surface area contributed by atoms with Crippen molar-refractivity contribution in [3.8, 4) is 5.75 Å². The molecule has 0 aliphatic rings. The van der Waals surface area contributed by atoms with Gasteiger partial charge in [0, 0.05) is 5.02 Å². The minimum atomic E-state index is -0.833. The van der Waals surface area contributed by atoms with Crippen molar-refractivity contribution in [1.82, 2.24) is 5.32 Å². The van der Waals surface area contributed by atoms with Gasteiger partial charge in [0.25, 0.3) is 5.91 Å². The summed E-state index contributed by atoms with van der Waals surface area (Å²) in [5.41, 5.74) is -0.264. The molecule has 23 heavy (non-hydrogen) atoms. The lowest BCUT2D eigenvalue weighted by Gasteiger charge is -2.28. The molecule has 0 radical (unpaired) electrons. The van der Waals surface area contributed by atoms with E-state index in [-0.39, 0.29) is 17.4 Å². The van der Waals surface area contributed by atoms with Gasteiger partial charge in [-0.25, -0.2) is 8.78 Å². The average Bonchev–Trinajstić information content (AvgIpc) is 2.45. The summed E-state index contributed by atoms with van der Waals surface area (Å²) < 4.78 is 31.7. The van der Waals surface area contributed by atoms with E-state index in [1.54, 1.807) is 19.9 Å². The largest absolute Gasteiger partial charge is 0.481 e. The SMILES string of the molecule is CC(C)(NC(=O)COc1ccccc1F)c1ccc(F)cc1Cl. The van der Waals surface area contributed by atoms with Gasteiger partial charge in [0.05, 0.1) is 5.54 Å². The molecule has 0 saturated heterocycles. The lowest BCUT2D eigenvalue weighted by atomic mass is 9.94. The Balaban J connectivity index is 2.02.